The predicted molar refractivity (Wildman–Crippen MR) is 44.7 cm³/mol. The molecule has 4 N–H and O–H groups in total. The SMILES string of the molecule is COC(=O)C1=C[C@@H](O)[C@@H](O)[C@H](N)C1. The number of carbonyl (C=O) groups is 1. The largest absolute Gasteiger partial charge is 0.466 e. The molecular formula is C8H13NO4. The van der Waals surface area contributed by atoms with E-state index in [9.17, 15) is 15.0 Å². The van der Waals surface area contributed by atoms with Crippen LogP contribution in [0.5, 0.6) is 0 Å². The summed E-state index contributed by atoms with van der Waals surface area (Å²) >= 11 is 0. The molecule has 0 bridgehead atoms. The van der Waals surface area contributed by atoms with Crippen LogP contribution in [0.25, 0.3) is 0 Å². The molecule has 0 aromatic heterocycles. The third-order valence-electron chi connectivity index (χ3n) is 2.06. The Morgan fingerprint density at radius 1 is 1.69 bits per heavy atom. The first kappa shape index (κ1) is 10.2. The zero-order valence-electron chi connectivity index (χ0n) is 7.30. The van der Waals surface area contributed by atoms with Crippen molar-refractivity contribution in [3.63, 3.8) is 0 Å². The van der Waals surface area contributed by atoms with Gasteiger partial charge in [0.1, 0.15) is 6.10 Å². The van der Waals surface area contributed by atoms with E-state index in [1.165, 1.54) is 13.2 Å². The highest BCUT2D eigenvalue weighted by Gasteiger charge is 2.30. The summed E-state index contributed by atoms with van der Waals surface area (Å²) < 4.78 is 4.47. The van der Waals surface area contributed by atoms with Gasteiger partial charge >= 0.3 is 5.97 Å². The fourth-order valence-electron chi connectivity index (χ4n) is 1.28. The van der Waals surface area contributed by atoms with Gasteiger partial charge in [-0.15, -0.1) is 0 Å². The average Bonchev–Trinajstić information content (AvgIpc) is 2.12. The van der Waals surface area contributed by atoms with Gasteiger partial charge in [-0.3, -0.25) is 0 Å². The Morgan fingerprint density at radius 3 is 2.77 bits per heavy atom. The van der Waals surface area contributed by atoms with Crippen molar-refractivity contribution >= 4 is 5.97 Å². The molecule has 0 radical (unpaired) electrons. The lowest BCUT2D eigenvalue weighted by atomic mass is 9.91. The lowest BCUT2D eigenvalue weighted by molar-refractivity contribution is -0.136. The molecule has 0 aromatic rings. The number of nitrogens with two attached hydrogens (primary N) is 1. The maximum absolute atomic E-state index is 11.0. The second-order valence-corrected chi connectivity index (χ2v) is 3.03. The molecule has 1 aliphatic rings. The molecule has 3 atom stereocenters. The predicted octanol–water partition coefficient (Wildman–Crippen LogP) is -1.46. The van der Waals surface area contributed by atoms with Crippen LogP contribution in [0.4, 0.5) is 0 Å². The highest BCUT2D eigenvalue weighted by atomic mass is 16.5. The normalized spacial score (nSPS) is 33.8. The van der Waals surface area contributed by atoms with Crippen LogP contribution in [0, 0.1) is 0 Å². The summed E-state index contributed by atoms with van der Waals surface area (Å²) in [5, 5.41) is 18.5. The van der Waals surface area contributed by atoms with Crippen LogP contribution in [0.2, 0.25) is 0 Å². The molecule has 13 heavy (non-hydrogen) atoms. The molecule has 74 valence electrons. The molecule has 0 saturated carbocycles. The standard InChI is InChI=1S/C8H13NO4/c1-13-8(12)4-2-5(9)7(11)6(10)3-4/h3,5-7,10-11H,2,9H2,1H3/t5-,6-,7+/m1/s1. The molecule has 0 fully saturated rings. The summed E-state index contributed by atoms with van der Waals surface area (Å²) in [4.78, 5) is 11.0. The van der Waals surface area contributed by atoms with Crippen molar-refractivity contribution in [2.75, 3.05) is 7.11 Å². The number of methoxy groups -OCH3 is 1. The number of aliphatic hydroxyl groups is 2. The molecule has 0 unspecified atom stereocenters. The zero-order valence-corrected chi connectivity index (χ0v) is 7.30. The fraction of sp³-hybridized carbons (Fsp3) is 0.625. The van der Waals surface area contributed by atoms with Crippen molar-refractivity contribution in [1.29, 1.82) is 0 Å². The minimum absolute atomic E-state index is 0.227. The van der Waals surface area contributed by atoms with Gasteiger partial charge in [0.2, 0.25) is 0 Å². The Balaban J connectivity index is 2.78. The van der Waals surface area contributed by atoms with Crippen LogP contribution in [0.1, 0.15) is 6.42 Å². The van der Waals surface area contributed by atoms with E-state index in [1.54, 1.807) is 0 Å². The van der Waals surface area contributed by atoms with Gasteiger partial charge in [0.25, 0.3) is 0 Å². The monoisotopic (exact) mass is 187 g/mol. The van der Waals surface area contributed by atoms with E-state index in [0.717, 1.165) is 0 Å². The summed E-state index contributed by atoms with van der Waals surface area (Å²) in [5.41, 5.74) is 5.81. The van der Waals surface area contributed by atoms with Gasteiger partial charge in [0.15, 0.2) is 0 Å². The number of ether oxygens (including phenoxy) is 1. The topological polar surface area (TPSA) is 92.8 Å². The number of rotatable bonds is 1. The summed E-state index contributed by atoms with van der Waals surface area (Å²) in [5.74, 6) is -0.513. The Hall–Kier alpha value is -0.910. The van der Waals surface area contributed by atoms with Crippen molar-refractivity contribution in [3.8, 4) is 0 Å². The number of aliphatic hydroxyl groups excluding tert-OH is 2. The second kappa shape index (κ2) is 3.87. The summed E-state index contributed by atoms with van der Waals surface area (Å²) in [7, 11) is 1.26. The third kappa shape index (κ3) is 2.06. The summed E-state index contributed by atoms with van der Waals surface area (Å²) in [6.45, 7) is 0. The fourth-order valence-corrected chi connectivity index (χ4v) is 1.28. The molecule has 0 aromatic carbocycles. The quantitative estimate of drug-likeness (QED) is 0.436. The third-order valence-corrected chi connectivity index (χ3v) is 2.06. The first-order chi connectivity index (χ1) is 6.06. The van der Waals surface area contributed by atoms with E-state index in [1.807, 2.05) is 0 Å². The van der Waals surface area contributed by atoms with Crippen LogP contribution in [-0.4, -0.2) is 41.5 Å². The van der Waals surface area contributed by atoms with E-state index in [4.69, 9.17) is 5.73 Å². The molecular weight excluding hydrogens is 174 g/mol. The molecule has 5 heteroatoms. The van der Waals surface area contributed by atoms with Gasteiger partial charge in [0, 0.05) is 11.6 Å². The maximum Gasteiger partial charge on any atom is 0.333 e. The van der Waals surface area contributed by atoms with Crippen molar-refractivity contribution in [1.82, 2.24) is 0 Å². The van der Waals surface area contributed by atoms with Crippen LogP contribution in [-0.2, 0) is 9.53 Å². The average molecular weight is 187 g/mol. The van der Waals surface area contributed by atoms with Crippen LogP contribution < -0.4 is 5.73 Å². The van der Waals surface area contributed by atoms with Crippen molar-refractivity contribution in [3.05, 3.63) is 11.6 Å². The van der Waals surface area contributed by atoms with E-state index in [-0.39, 0.29) is 6.42 Å². The van der Waals surface area contributed by atoms with E-state index in [0.29, 0.717) is 5.57 Å². The van der Waals surface area contributed by atoms with Crippen molar-refractivity contribution in [2.45, 2.75) is 24.7 Å². The first-order valence-corrected chi connectivity index (χ1v) is 3.97. The Bertz CT molecular complexity index is 238. The lowest BCUT2D eigenvalue weighted by Crippen LogP contribution is -2.46. The van der Waals surface area contributed by atoms with Gasteiger partial charge < -0.3 is 20.7 Å². The Morgan fingerprint density at radius 2 is 2.31 bits per heavy atom. The molecule has 0 heterocycles. The van der Waals surface area contributed by atoms with Gasteiger partial charge in [-0.05, 0) is 12.5 Å². The second-order valence-electron chi connectivity index (χ2n) is 3.03. The highest BCUT2D eigenvalue weighted by Crippen LogP contribution is 2.18. The zero-order chi connectivity index (χ0) is 10.0. The van der Waals surface area contributed by atoms with E-state index >= 15 is 0 Å². The molecule has 1 aliphatic carbocycles. The number of hydrogen-bond acceptors (Lipinski definition) is 5. The lowest BCUT2D eigenvalue weighted by Gasteiger charge is -2.27. The number of carbonyl (C=O) groups excluding carboxylic acids is 1. The molecule has 1 rings (SSSR count). The van der Waals surface area contributed by atoms with Crippen LogP contribution >= 0.6 is 0 Å². The number of esters is 1. The van der Waals surface area contributed by atoms with Crippen molar-refractivity contribution in [2.24, 2.45) is 5.73 Å². The van der Waals surface area contributed by atoms with Gasteiger partial charge in [-0.1, -0.05) is 0 Å². The molecule has 0 saturated heterocycles. The highest BCUT2D eigenvalue weighted by molar-refractivity contribution is 5.88. The molecule has 5 nitrogen and oxygen atoms in total. The van der Waals surface area contributed by atoms with E-state index in [2.05, 4.69) is 4.74 Å². The van der Waals surface area contributed by atoms with Gasteiger partial charge in [0.05, 0.1) is 13.2 Å². The Labute approximate surface area is 75.8 Å². The van der Waals surface area contributed by atoms with Gasteiger partial charge in [-0.2, -0.15) is 0 Å². The molecule has 0 spiro atoms. The molecule has 0 aliphatic heterocycles. The van der Waals surface area contributed by atoms with E-state index < -0.39 is 24.2 Å². The summed E-state index contributed by atoms with van der Waals surface area (Å²) in [6.07, 6.45) is -0.587. The first-order valence-electron chi connectivity index (χ1n) is 3.97. The molecule has 0 amide bonds. The smallest absolute Gasteiger partial charge is 0.333 e. The van der Waals surface area contributed by atoms with Crippen LogP contribution in [0.3, 0.4) is 0 Å². The minimum atomic E-state index is -1.09. The maximum atomic E-state index is 11.0. The van der Waals surface area contributed by atoms with Gasteiger partial charge in [-0.25, -0.2) is 4.79 Å². The Kier molecular flexibility index (Phi) is 3.02. The summed E-state index contributed by atoms with van der Waals surface area (Å²) in [6, 6.07) is -0.617. The minimum Gasteiger partial charge on any atom is -0.466 e. The van der Waals surface area contributed by atoms with Crippen LogP contribution in [0.15, 0.2) is 11.6 Å². The van der Waals surface area contributed by atoms with Crippen molar-refractivity contribution < 1.29 is 19.7 Å². The number of hydrogen-bond donors (Lipinski definition) is 3.